The van der Waals surface area contributed by atoms with E-state index >= 15 is 0 Å². The lowest BCUT2D eigenvalue weighted by atomic mass is 10.2. The molecule has 0 aromatic heterocycles. The maximum atomic E-state index is 11.8. The fraction of sp³-hybridized carbons (Fsp3) is 0. The van der Waals surface area contributed by atoms with Gasteiger partial charge in [0.15, 0.2) is 5.75 Å². The molecule has 0 aliphatic heterocycles. The average molecular weight is 258 g/mol. The molecule has 0 radical (unpaired) electrons. The van der Waals surface area contributed by atoms with Gasteiger partial charge in [-0.15, -0.1) is 0 Å². The van der Waals surface area contributed by atoms with Crippen LogP contribution in [0.5, 0.6) is 5.75 Å². The van der Waals surface area contributed by atoms with Crippen molar-refractivity contribution < 1.29 is 14.8 Å². The van der Waals surface area contributed by atoms with Crippen LogP contribution in [0.25, 0.3) is 0 Å². The number of aromatic hydroxyl groups is 1. The second-order valence-electron chi connectivity index (χ2n) is 3.78. The summed E-state index contributed by atoms with van der Waals surface area (Å²) in [6, 6.07) is 12.1. The zero-order valence-electron chi connectivity index (χ0n) is 9.74. The molecular weight excluding hydrogens is 248 g/mol. The summed E-state index contributed by atoms with van der Waals surface area (Å²) in [5, 5.41) is 22.5. The Hall–Kier alpha value is -2.89. The van der Waals surface area contributed by atoms with Crippen molar-refractivity contribution in [1.29, 1.82) is 0 Å². The van der Waals surface area contributed by atoms with Gasteiger partial charge in [-0.05, 0) is 24.3 Å². The van der Waals surface area contributed by atoms with Crippen molar-refractivity contribution in [3.8, 4) is 5.75 Å². The number of hydrogen-bond donors (Lipinski definition) is 2. The fourth-order valence-electron chi connectivity index (χ4n) is 1.54. The Morgan fingerprint density at radius 3 is 2.47 bits per heavy atom. The third kappa shape index (κ3) is 2.86. The molecule has 2 rings (SSSR count). The second-order valence-corrected chi connectivity index (χ2v) is 3.78. The molecule has 0 aliphatic rings. The highest BCUT2D eigenvalue weighted by Crippen LogP contribution is 2.28. The average Bonchev–Trinajstić information content (AvgIpc) is 2.41. The van der Waals surface area contributed by atoms with Crippen LogP contribution in [0.3, 0.4) is 0 Å². The van der Waals surface area contributed by atoms with Gasteiger partial charge in [-0.2, -0.15) is 0 Å². The van der Waals surface area contributed by atoms with Crippen molar-refractivity contribution in [2.45, 2.75) is 0 Å². The van der Waals surface area contributed by atoms with Crippen molar-refractivity contribution >= 4 is 17.3 Å². The predicted molar refractivity (Wildman–Crippen MR) is 69.2 cm³/mol. The molecule has 1 amide bonds. The minimum absolute atomic E-state index is 0.248. The van der Waals surface area contributed by atoms with E-state index in [9.17, 15) is 20.0 Å². The smallest absolute Gasteiger partial charge is 0.312 e. The number of hydrogen-bond acceptors (Lipinski definition) is 4. The highest BCUT2D eigenvalue weighted by atomic mass is 16.6. The zero-order chi connectivity index (χ0) is 13.8. The van der Waals surface area contributed by atoms with E-state index in [1.807, 2.05) is 0 Å². The van der Waals surface area contributed by atoms with Crippen LogP contribution in [-0.2, 0) is 0 Å². The van der Waals surface area contributed by atoms with E-state index < -0.39 is 16.4 Å². The number of nitrogens with zero attached hydrogens (tertiary/aromatic N) is 1. The van der Waals surface area contributed by atoms with Gasteiger partial charge in [-0.3, -0.25) is 14.9 Å². The molecule has 0 unspecified atom stereocenters. The largest absolute Gasteiger partial charge is 0.502 e. The number of carbonyl (C=O) groups is 1. The third-order valence-electron chi connectivity index (χ3n) is 2.47. The molecule has 2 aromatic rings. The number of nitro benzene ring substituents is 1. The molecule has 6 heteroatoms. The second kappa shape index (κ2) is 5.18. The van der Waals surface area contributed by atoms with E-state index in [-0.39, 0.29) is 11.6 Å². The van der Waals surface area contributed by atoms with E-state index in [1.165, 1.54) is 12.1 Å². The van der Waals surface area contributed by atoms with Gasteiger partial charge in [-0.1, -0.05) is 18.2 Å². The predicted octanol–water partition coefficient (Wildman–Crippen LogP) is 2.55. The maximum absolute atomic E-state index is 11.8. The number of rotatable bonds is 3. The van der Waals surface area contributed by atoms with Gasteiger partial charge in [0, 0.05) is 17.3 Å². The number of carbonyl (C=O) groups excluding carboxylic acids is 1. The maximum Gasteiger partial charge on any atom is 0.312 e. The minimum atomic E-state index is -0.715. The first-order valence-electron chi connectivity index (χ1n) is 5.42. The van der Waals surface area contributed by atoms with Gasteiger partial charge >= 0.3 is 5.69 Å². The first kappa shape index (κ1) is 12.6. The van der Waals surface area contributed by atoms with Gasteiger partial charge in [-0.25, -0.2) is 0 Å². The van der Waals surface area contributed by atoms with Crippen LogP contribution in [-0.4, -0.2) is 15.9 Å². The molecule has 0 spiro atoms. The number of phenols is 1. The van der Waals surface area contributed by atoms with Crippen molar-refractivity contribution in [2.75, 3.05) is 5.32 Å². The topological polar surface area (TPSA) is 92.5 Å². The van der Waals surface area contributed by atoms with E-state index in [0.29, 0.717) is 5.56 Å². The van der Waals surface area contributed by atoms with Crippen LogP contribution in [0.15, 0.2) is 48.5 Å². The summed E-state index contributed by atoms with van der Waals surface area (Å²) in [4.78, 5) is 21.8. The minimum Gasteiger partial charge on any atom is -0.502 e. The summed E-state index contributed by atoms with van der Waals surface area (Å²) in [6.07, 6.45) is 0. The molecule has 0 aliphatic carbocycles. The summed E-state index contributed by atoms with van der Waals surface area (Å²) in [7, 11) is 0. The van der Waals surface area contributed by atoms with E-state index in [1.54, 1.807) is 30.3 Å². The summed E-state index contributed by atoms with van der Waals surface area (Å²) < 4.78 is 0. The first-order chi connectivity index (χ1) is 9.08. The quantitative estimate of drug-likeness (QED) is 0.502. The van der Waals surface area contributed by atoms with Gasteiger partial charge < -0.3 is 10.4 Å². The SMILES string of the molecule is O=C(Nc1ccc(O)c([N+](=O)[O-])c1)c1ccccc1. The molecule has 0 heterocycles. The molecule has 0 saturated heterocycles. The molecule has 96 valence electrons. The van der Waals surface area contributed by atoms with Gasteiger partial charge in [0.1, 0.15) is 0 Å². The lowest BCUT2D eigenvalue weighted by molar-refractivity contribution is -0.385. The first-order valence-corrected chi connectivity index (χ1v) is 5.42. The van der Waals surface area contributed by atoms with E-state index in [0.717, 1.165) is 6.07 Å². The highest BCUT2D eigenvalue weighted by molar-refractivity contribution is 6.04. The molecule has 0 fully saturated rings. The van der Waals surface area contributed by atoms with Gasteiger partial charge in [0.25, 0.3) is 5.91 Å². The number of amides is 1. The molecule has 19 heavy (non-hydrogen) atoms. The lowest BCUT2D eigenvalue weighted by Crippen LogP contribution is -2.11. The number of nitro groups is 1. The summed E-state index contributed by atoms with van der Waals surface area (Å²) in [5.41, 5.74) is 0.238. The Morgan fingerprint density at radius 2 is 1.84 bits per heavy atom. The molecule has 6 nitrogen and oxygen atoms in total. The summed E-state index contributed by atoms with van der Waals surface area (Å²) in [6.45, 7) is 0. The number of nitrogens with one attached hydrogen (secondary N) is 1. The third-order valence-corrected chi connectivity index (χ3v) is 2.47. The fourth-order valence-corrected chi connectivity index (χ4v) is 1.54. The van der Waals surface area contributed by atoms with Crippen LogP contribution in [0.1, 0.15) is 10.4 Å². The monoisotopic (exact) mass is 258 g/mol. The van der Waals surface area contributed by atoms with Crippen molar-refractivity contribution in [3.63, 3.8) is 0 Å². The van der Waals surface area contributed by atoms with Crippen molar-refractivity contribution in [3.05, 3.63) is 64.2 Å². The zero-order valence-corrected chi connectivity index (χ0v) is 9.74. The number of anilines is 1. The standard InChI is InChI=1S/C13H10N2O4/c16-12-7-6-10(8-11(12)15(18)19)14-13(17)9-4-2-1-3-5-9/h1-8,16H,(H,14,17). The molecule has 2 aromatic carbocycles. The van der Waals surface area contributed by atoms with Crippen LogP contribution >= 0.6 is 0 Å². The Kier molecular flexibility index (Phi) is 3.42. The van der Waals surface area contributed by atoms with Crippen LogP contribution < -0.4 is 5.32 Å². The molecular formula is C13H10N2O4. The Labute approximate surface area is 108 Å². The molecule has 0 atom stereocenters. The summed E-state index contributed by atoms with van der Waals surface area (Å²) in [5.74, 6) is -0.816. The molecule has 2 N–H and O–H groups in total. The van der Waals surface area contributed by atoms with E-state index in [2.05, 4.69) is 5.32 Å². The van der Waals surface area contributed by atoms with Crippen molar-refractivity contribution in [1.82, 2.24) is 0 Å². The Balaban J connectivity index is 2.23. The molecule has 0 bridgehead atoms. The number of phenolic OH excluding ortho intramolecular Hbond substituents is 1. The van der Waals surface area contributed by atoms with Gasteiger partial charge in [0.2, 0.25) is 0 Å². The van der Waals surface area contributed by atoms with Crippen molar-refractivity contribution in [2.24, 2.45) is 0 Å². The highest BCUT2D eigenvalue weighted by Gasteiger charge is 2.14. The number of benzene rings is 2. The van der Waals surface area contributed by atoms with Gasteiger partial charge in [0.05, 0.1) is 4.92 Å². The Morgan fingerprint density at radius 1 is 1.16 bits per heavy atom. The van der Waals surface area contributed by atoms with Crippen LogP contribution in [0.4, 0.5) is 11.4 Å². The molecule has 0 saturated carbocycles. The lowest BCUT2D eigenvalue weighted by Gasteiger charge is -2.05. The Bertz CT molecular complexity index is 626. The van der Waals surface area contributed by atoms with Crippen LogP contribution in [0.2, 0.25) is 0 Å². The van der Waals surface area contributed by atoms with E-state index in [4.69, 9.17) is 0 Å². The van der Waals surface area contributed by atoms with Crippen LogP contribution in [0, 0.1) is 10.1 Å². The normalized spacial score (nSPS) is 9.89. The summed E-state index contributed by atoms with van der Waals surface area (Å²) >= 11 is 0.